The highest BCUT2D eigenvalue weighted by Crippen LogP contribution is 2.30. The molecule has 2 aliphatic heterocycles. The normalized spacial score (nSPS) is 24.9. The average Bonchev–Trinajstić information content (AvgIpc) is 3.20. The van der Waals surface area contributed by atoms with Crippen LogP contribution in [0.2, 0.25) is 10.0 Å². The molecule has 26 heavy (non-hydrogen) atoms. The summed E-state index contributed by atoms with van der Waals surface area (Å²) in [4.78, 5) is 14.5. The maximum atomic E-state index is 12.6. The second-order valence-electron chi connectivity index (χ2n) is 6.77. The lowest BCUT2D eigenvalue weighted by Gasteiger charge is -2.29. The van der Waals surface area contributed by atoms with E-state index in [1.54, 1.807) is 18.2 Å². The van der Waals surface area contributed by atoms with Crippen LogP contribution in [0.25, 0.3) is 0 Å². The summed E-state index contributed by atoms with van der Waals surface area (Å²) in [7, 11) is -3.04. The van der Waals surface area contributed by atoms with Crippen molar-refractivity contribution in [1.29, 1.82) is 0 Å². The molecule has 1 amide bonds. The Labute approximate surface area is 163 Å². The summed E-state index contributed by atoms with van der Waals surface area (Å²) in [6.45, 7) is 1.33. The molecule has 0 bridgehead atoms. The van der Waals surface area contributed by atoms with Crippen LogP contribution in [-0.2, 0) is 19.4 Å². The summed E-state index contributed by atoms with van der Waals surface area (Å²) in [5, 5.41) is 3.47. The van der Waals surface area contributed by atoms with Gasteiger partial charge in [-0.15, -0.1) is 0 Å². The lowest BCUT2D eigenvalue weighted by Crippen LogP contribution is -2.45. The zero-order chi connectivity index (χ0) is 18.7. The Kier molecular flexibility index (Phi) is 6.45. The molecule has 3 rings (SSSR count). The molecule has 0 spiro atoms. The number of carbonyl (C=O) groups is 1. The molecule has 2 atom stereocenters. The lowest BCUT2D eigenvalue weighted by atomic mass is 10.1. The fourth-order valence-corrected chi connectivity index (χ4v) is 5.69. The molecule has 0 aliphatic carbocycles. The highest BCUT2D eigenvalue weighted by Gasteiger charge is 2.34. The van der Waals surface area contributed by atoms with Crippen LogP contribution in [0.3, 0.4) is 0 Å². The van der Waals surface area contributed by atoms with Crippen LogP contribution in [-0.4, -0.2) is 62.6 Å². The quantitative estimate of drug-likeness (QED) is 0.764. The van der Waals surface area contributed by atoms with Crippen molar-refractivity contribution in [1.82, 2.24) is 4.90 Å². The second-order valence-corrected chi connectivity index (χ2v) is 9.81. The maximum absolute atomic E-state index is 12.6. The molecular formula is C17H22Cl2N2O4S. The standard InChI is InChI=1S/C17H22Cl2N2O4S/c18-14-4-1-5-15(19)17(14)20-16(22)10-21(9-13-3-2-7-25-13)12-6-8-26(23,24)11-12/h1,4-5,12-13H,2-3,6-11H2,(H,20,22). The minimum Gasteiger partial charge on any atom is -0.377 e. The summed E-state index contributed by atoms with van der Waals surface area (Å²) in [6.07, 6.45) is 2.49. The first-order valence-corrected chi connectivity index (χ1v) is 11.2. The number of ether oxygens (including phenoxy) is 1. The zero-order valence-corrected chi connectivity index (χ0v) is 16.6. The van der Waals surface area contributed by atoms with Crippen LogP contribution in [0.5, 0.6) is 0 Å². The molecule has 0 aromatic heterocycles. The first-order valence-electron chi connectivity index (χ1n) is 8.64. The van der Waals surface area contributed by atoms with Crippen LogP contribution < -0.4 is 5.32 Å². The largest absolute Gasteiger partial charge is 0.377 e. The number of para-hydroxylation sites is 1. The van der Waals surface area contributed by atoms with Crippen LogP contribution in [0.4, 0.5) is 5.69 Å². The third kappa shape index (κ3) is 5.10. The Hall–Kier alpha value is -0.860. The summed E-state index contributed by atoms with van der Waals surface area (Å²) < 4.78 is 29.4. The van der Waals surface area contributed by atoms with Crippen molar-refractivity contribution in [3.8, 4) is 0 Å². The van der Waals surface area contributed by atoms with Crippen LogP contribution >= 0.6 is 23.2 Å². The molecule has 2 unspecified atom stereocenters. The molecule has 1 aromatic rings. The van der Waals surface area contributed by atoms with Crippen LogP contribution in [0.15, 0.2) is 18.2 Å². The fraction of sp³-hybridized carbons (Fsp3) is 0.588. The van der Waals surface area contributed by atoms with Gasteiger partial charge in [-0.2, -0.15) is 0 Å². The van der Waals surface area contributed by atoms with E-state index >= 15 is 0 Å². The predicted molar refractivity (Wildman–Crippen MR) is 103 cm³/mol. The average molecular weight is 421 g/mol. The molecule has 2 saturated heterocycles. The molecule has 2 aliphatic rings. The molecule has 1 aromatic carbocycles. The number of carbonyl (C=O) groups excluding carboxylic acids is 1. The van der Waals surface area contributed by atoms with E-state index in [0.29, 0.717) is 35.3 Å². The number of anilines is 1. The number of sulfone groups is 1. The van der Waals surface area contributed by atoms with E-state index < -0.39 is 9.84 Å². The summed E-state index contributed by atoms with van der Waals surface area (Å²) in [6, 6.07) is 4.83. The van der Waals surface area contributed by atoms with Crippen LogP contribution in [0.1, 0.15) is 19.3 Å². The Morgan fingerprint density at radius 1 is 1.27 bits per heavy atom. The van der Waals surface area contributed by atoms with Gasteiger partial charge in [0.1, 0.15) is 0 Å². The maximum Gasteiger partial charge on any atom is 0.238 e. The highest BCUT2D eigenvalue weighted by molar-refractivity contribution is 7.91. The smallest absolute Gasteiger partial charge is 0.238 e. The van der Waals surface area contributed by atoms with E-state index in [2.05, 4.69) is 5.32 Å². The van der Waals surface area contributed by atoms with E-state index in [1.165, 1.54) is 0 Å². The van der Waals surface area contributed by atoms with E-state index in [1.807, 2.05) is 4.90 Å². The van der Waals surface area contributed by atoms with Crippen molar-refractivity contribution in [2.24, 2.45) is 0 Å². The van der Waals surface area contributed by atoms with Gasteiger partial charge in [-0.3, -0.25) is 9.69 Å². The van der Waals surface area contributed by atoms with Crippen molar-refractivity contribution in [2.75, 3.05) is 36.5 Å². The number of halogens is 2. The Balaban J connectivity index is 1.69. The van der Waals surface area contributed by atoms with Crippen molar-refractivity contribution >= 4 is 44.6 Å². The number of hydrogen-bond acceptors (Lipinski definition) is 5. The van der Waals surface area contributed by atoms with E-state index in [-0.39, 0.29) is 36.1 Å². The van der Waals surface area contributed by atoms with Crippen LogP contribution in [0, 0.1) is 0 Å². The number of rotatable bonds is 6. The van der Waals surface area contributed by atoms with Gasteiger partial charge in [0.25, 0.3) is 0 Å². The van der Waals surface area contributed by atoms with Crippen molar-refractivity contribution in [3.63, 3.8) is 0 Å². The van der Waals surface area contributed by atoms with Gasteiger partial charge >= 0.3 is 0 Å². The van der Waals surface area contributed by atoms with Gasteiger partial charge in [0.2, 0.25) is 5.91 Å². The molecule has 9 heteroatoms. The number of hydrogen-bond donors (Lipinski definition) is 1. The third-order valence-corrected chi connectivity index (χ3v) is 7.14. The first kappa shape index (κ1) is 19.9. The second kappa shape index (κ2) is 8.44. The van der Waals surface area contributed by atoms with E-state index in [0.717, 1.165) is 12.8 Å². The summed E-state index contributed by atoms with van der Waals surface area (Å²) in [5.41, 5.74) is 0.372. The fourth-order valence-electron chi connectivity index (χ4n) is 3.44. The SMILES string of the molecule is O=C(CN(CC1CCCO1)C1CCS(=O)(=O)C1)Nc1c(Cl)cccc1Cl. The monoisotopic (exact) mass is 420 g/mol. The Morgan fingerprint density at radius 2 is 2.00 bits per heavy atom. The lowest BCUT2D eigenvalue weighted by molar-refractivity contribution is -0.118. The van der Waals surface area contributed by atoms with Crippen molar-refractivity contribution in [2.45, 2.75) is 31.4 Å². The molecule has 2 heterocycles. The number of nitrogens with one attached hydrogen (secondary N) is 1. The van der Waals surface area contributed by atoms with Crippen molar-refractivity contribution in [3.05, 3.63) is 28.2 Å². The number of nitrogens with zero attached hydrogens (tertiary/aromatic N) is 1. The van der Waals surface area contributed by atoms with Gasteiger partial charge in [0.15, 0.2) is 9.84 Å². The topological polar surface area (TPSA) is 75.7 Å². The van der Waals surface area contributed by atoms with Crippen molar-refractivity contribution < 1.29 is 17.9 Å². The van der Waals surface area contributed by atoms with Gasteiger partial charge in [0, 0.05) is 19.2 Å². The molecule has 144 valence electrons. The van der Waals surface area contributed by atoms with Gasteiger partial charge in [-0.25, -0.2) is 8.42 Å². The third-order valence-electron chi connectivity index (χ3n) is 4.76. The van der Waals surface area contributed by atoms with Gasteiger partial charge in [-0.1, -0.05) is 29.3 Å². The molecule has 0 radical (unpaired) electrons. The molecule has 6 nitrogen and oxygen atoms in total. The number of amides is 1. The predicted octanol–water partition coefficient (Wildman–Crippen LogP) is 2.60. The highest BCUT2D eigenvalue weighted by atomic mass is 35.5. The van der Waals surface area contributed by atoms with E-state index in [9.17, 15) is 13.2 Å². The Morgan fingerprint density at radius 3 is 2.58 bits per heavy atom. The molecule has 1 N–H and O–H groups in total. The number of benzene rings is 1. The minimum absolute atomic E-state index is 0.0370. The molecule has 0 saturated carbocycles. The van der Waals surface area contributed by atoms with Gasteiger partial charge < -0.3 is 10.1 Å². The Bertz CT molecular complexity index is 746. The van der Waals surface area contributed by atoms with Gasteiger partial charge in [0.05, 0.1) is 39.9 Å². The summed E-state index contributed by atoms with van der Waals surface area (Å²) >= 11 is 12.2. The molecule has 2 fully saturated rings. The zero-order valence-electron chi connectivity index (χ0n) is 14.3. The first-order chi connectivity index (χ1) is 12.3. The molecular weight excluding hydrogens is 399 g/mol. The summed E-state index contributed by atoms with van der Waals surface area (Å²) in [5.74, 6) is -0.0281. The van der Waals surface area contributed by atoms with E-state index in [4.69, 9.17) is 27.9 Å². The minimum atomic E-state index is -3.04. The van der Waals surface area contributed by atoms with Gasteiger partial charge in [-0.05, 0) is 31.4 Å².